The van der Waals surface area contributed by atoms with Crippen LogP contribution in [0.15, 0.2) is 48.5 Å². The van der Waals surface area contributed by atoms with Crippen molar-refractivity contribution in [2.45, 2.75) is 6.92 Å². The molecule has 102 valence electrons. The molecule has 3 N–H and O–H groups in total. The van der Waals surface area contributed by atoms with Gasteiger partial charge in [-0.1, -0.05) is 36.4 Å². The second kappa shape index (κ2) is 5.99. The minimum atomic E-state index is -0.286. The summed E-state index contributed by atoms with van der Waals surface area (Å²) >= 11 is 0. The van der Waals surface area contributed by atoms with E-state index >= 15 is 0 Å². The highest BCUT2D eigenvalue weighted by Gasteiger charge is 2.16. The predicted molar refractivity (Wildman–Crippen MR) is 76.0 cm³/mol. The Bertz CT molecular complexity index is 639. The summed E-state index contributed by atoms with van der Waals surface area (Å²) in [5.41, 5.74) is 3.30. The van der Waals surface area contributed by atoms with Gasteiger partial charge in [-0.25, -0.2) is 0 Å². The molecule has 0 unspecified atom stereocenters. The van der Waals surface area contributed by atoms with Gasteiger partial charge in [0.15, 0.2) is 5.78 Å². The number of benzene rings is 2. The van der Waals surface area contributed by atoms with Crippen LogP contribution in [-0.4, -0.2) is 16.9 Å². The van der Waals surface area contributed by atoms with Crippen molar-refractivity contribution in [3.05, 3.63) is 59.7 Å². The lowest BCUT2D eigenvalue weighted by atomic mass is 10.0. The van der Waals surface area contributed by atoms with E-state index < -0.39 is 0 Å². The fourth-order valence-corrected chi connectivity index (χ4v) is 1.90. The molecule has 0 saturated heterocycles. The standard InChI is InChI=1S/C15H14N2O3/c1-10(18)16-13-9-5-8-12(14(13)17-20)15(19)11-6-3-2-4-7-11/h2-9,17,20H,1H3,(H,16,18). The van der Waals surface area contributed by atoms with Crippen molar-refractivity contribution >= 4 is 23.1 Å². The molecular formula is C15H14N2O3. The number of rotatable bonds is 4. The van der Waals surface area contributed by atoms with Crippen molar-refractivity contribution in [1.82, 2.24) is 0 Å². The first kappa shape index (κ1) is 13.8. The van der Waals surface area contributed by atoms with Crippen LogP contribution in [0.3, 0.4) is 0 Å². The molecule has 0 heterocycles. The molecule has 0 aliphatic rings. The molecule has 0 saturated carbocycles. The molecule has 2 aromatic rings. The van der Waals surface area contributed by atoms with E-state index in [0.29, 0.717) is 11.3 Å². The summed E-state index contributed by atoms with van der Waals surface area (Å²) in [6, 6.07) is 13.5. The third-order valence-electron chi connectivity index (χ3n) is 2.77. The van der Waals surface area contributed by atoms with Crippen molar-refractivity contribution < 1.29 is 14.8 Å². The van der Waals surface area contributed by atoms with Crippen LogP contribution in [-0.2, 0) is 4.79 Å². The molecule has 20 heavy (non-hydrogen) atoms. The van der Waals surface area contributed by atoms with Crippen LogP contribution in [0.25, 0.3) is 0 Å². The van der Waals surface area contributed by atoms with Gasteiger partial charge in [-0.3, -0.25) is 20.3 Å². The van der Waals surface area contributed by atoms with Gasteiger partial charge >= 0.3 is 0 Å². The second-order valence-electron chi connectivity index (χ2n) is 4.22. The number of anilines is 2. The van der Waals surface area contributed by atoms with Gasteiger partial charge in [0, 0.05) is 12.5 Å². The Hall–Kier alpha value is -2.66. The SMILES string of the molecule is CC(=O)Nc1cccc(C(=O)c2ccccc2)c1NO. The summed E-state index contributed by atoms with van der Waals surface area (Å²) in [4.78, 5) is 23.5. The summed E-state index contributed by atoms with van der Waals surface area (Å²) in [7, 11) is 0. The molecule has 0 aromatic heterocycles. The number of hydrogen-bond donors (Lipinski definition) is 3. The van der Waals surface area contributed by atoms with E-state index in [4.69, 9.17) is 0 Å². The van der Waals surface area contributed by atoms with Crippen LogP contribution >= 0.6 is 0 Å². The van der Waals surface area contributed by atoms with E-state index in [1.165, 1.54) is 6.92 Å². The normalized spacial score (nSPS) is 9.90. The number of carbonyl (C=O) groups is 2. The predicted octanol–water partition coefficient (Wildman–Crippen LogP) is 2.68. The molecule has 0 spiro atoms. The van der Waals surface area contributed by atoms with Crippen LogP contribution in [0.2, 0.25) is 0 Å². The third kappa shape index (κ3) is 2.84. The van der Waals surface area contributed by atoms with Gasteiger partial charge < -0.3 is 5.32 Å². The van der Waals surface area contributed by atoms with Crippen LogP contribution in [0.4, 0.5) is 11.4 Å². The van der Waals surface area contributed by atoms with Crippen LogP contribution in [0.5, 0.6) is 0 Å². The Labute approximate surface area is 116 Å². The number of carbonyl (C=O) groups excluding carboxylic acids is 2. The monoisotopic (exact) mass is 270 g/mol. The number of hydrogen-bond acceptors (Lipinski definition) is 4. The molecule has 0 fully saturated rings. The Morgan fingerprint density at radius 3 is 2.30 bits per heavy atom. The molecular weight excluding hydrogens is 256 g/mol. The van der Waals surface area contributed by atoms with Crippen molar-refractivity contribution in [2.75, 3.05) is 10.8 Å². The average molecular weight is 270 g/mol. The number of para-hydroxylation sites is 1. The highest BCUT2D eigenvalue weighted by Crippen LogP contribution is 2.27. The minimum absolute atomic E-state index is 0.177. The van der Waals surface area contributed by atoms with Gasteiger partial charge in [0.25, 0.3) is 0 Å². The Morgan fingerprint density at radius 1 is 1.00 bits per heavy atom. The fourth-order valence-electron chi connectivity index (χ4n) is 1.90. The van der Waals surface area contributed by atoms with Gasteiger partial charge in [0.2, 0.25) is 5.91 Å². The summed E-state index contributed by atoms with van der Waals surface area (Å²) < 4.78 is 0. The van der Waals surface area contributed by atoms with Crippen molar-refractivity contribution in [3.8, 4) is 0 Å². The molecule has 0 bridgehead atoms. The van der Waals surface area contributed by atoms with Crippen LogP contribution in [0.1, 0.15) is 22.8 Å². The number of ketones is 1. The smallest absolute Gasteiger partial charge is 0.221 e. The first-order valence-electron chi connectivity index (χ1n) is 6.04. The quantitative estimate of drug-likeness (QED) is 0.589. The van der Waals surface area contributed by atoms with Gasteiger partial charge in [0.1, 0.15) is 0 Å². The third-order valence-corrected chi connectivity index (χ3v) is 2.77. The first-order valence-corrected chi connectivity index (χ1v) is 6.04. The van der Waals surface area contributed by atoms with E-state index in [1.807, 2.05) is 11.5 Å². The van der Waals surface area contributed by atoms with E-state index in [-0.39, 0.29) is 22.9 Å². The topological polar surface area (TPSA) is 78.4 Å². The van der Waals surface area contributed by atoms with Crippen molar-refractivity contribution in [3.63, 3.8) is 0 Å². The lowest BCUT2D eigenvalue weighted by Crippen LogP contribution is -2.12. The molecule has 5 nitrogen and oxygen atoms in total. The fraction of sp³-hybridized carbons (Fsp3) is 0.0667. The molecule has 0 aliphatic heterocycles. The molecule has 5 heteroatoms. The zero-order valence-electron chi connectivity index (χ0n) is 10.9. The summed E-state index contributed by atoms with van der Waals surface area (Å²) in [6.45, 7) is 1.35. The van der Waals surface area contributed by atoms with Gasteiger partial charge in [-0.2, -0.15) is 0 Å². The molecule has 0 atom stereocenters. The summed E-state index contributed by atoms with van der Waals surface area (Å²) in [6.07, 6.45) is 0. The van der Waals surface area contributed by atoms with E-state index in [0.717, 1.165) is 0 Å². The maximum Gasteiger partial charge on any atom is 0.221 e. The van der Waals surface area contributed by atoms with E-state index in [1.54, 1.807) is 42.5 Å². The van der Waals surface area contributed by atoms with Gasteiger partial charge in [-0.15, -0.1) is 0 Å². The average Bonchev–Trinajstić information content (AvgIpc) is 2.46. The summed E-state index contributed by atoms with van der Waals surface area (Å²) in [5.74, 6) is -0.528. The first-order chi connectivity index (χ1) is 9.63. The molecule has 0 aliphatic carbocycles. The van der Waals surface area contributed by atoms with Crippen molar-refractivity contribution in [1.29, 1.82) is 0 Å². The van der Waals surface area contributed by atoms with E-state index in [2.05, 4.69) is 5.32 Å². The van der Waals surface area contributed by atoms with E-state index in [9.17, 15) is 14.8 Å². The molecule has 2 aromatic carbocycles. The van der Waals surface area contributed by atoms with Crippen LogP contribution in [0, 0.1) is 0 Å². The lowest BCUT2D eigenvalue weighted by molar-refractivity contribution is -0.114. The zero-order valence-corrected chi connectivity index (χ0v) is 10.9. The second-order valence-corrected chi connectivity index (χ2v) is 4.22. The van der Waals surface area contributed by atoms with Crippen LogP contribution < -0.4 is 10.8 Å². The van der Waals surface area contributed by atoms with Gasteiger partial charge in [-0.05, 0) is 12.1 Å². The number of amides is 1. The number of nitrogens with one attached hydrogen (secondary N) is 2. The molecule has 0 radical (unpaired) electrons. The highest BCUT2D eigenvalue weighted by molar-refractivity contribution is 6.14. The lowest BCUT2D eigenvalue weighted by Gasteiger charge is -2.13. The molecule has 1 amide bonds. The van der Waals surface area contributed by atoms with Gasteiger partial charge in [0.05, 0.1) is 16.9 Å². The molecule has 2 rings (SSSR count). The maximum atomic E-state index is 12.4. The van der Waals surface area contributed by atoms with Crippen molar-refractivity contribution in [2.24, 2.45) is 0 Å². The maximum absolute atomic E-state index is 12.4. The minimum Gasteiger partial charge on any atom is -0.324 e. The Balaban J connectivity index is 2.46. The zero-order chi connectivity index (χ0) is 14.5. The Kier molecular flexibility index (Phi) is 4.12. The Morgan fingerprint density at radius 2 is 1.70 bits per heavy atom. The highest BCUT2D eigenvalue weighted by atomic mass is 16.5. The largest absolute Gasteiger partial charge is 0.324 e. The summed E-state index contributed by atoms with van der Waals surface area (Å²) in [5, 5.41) is 11.8.